The average Bonchev–Trinajstić information content (AvgIpc) is 1.80. The summed E-state index contributed by atoms with van der Waals surface area (Å²) >= 11 is 0. The second-order valence-corrected chi connectivity index (χ2v) is 3.40. The number of alkyl halides is 1. The molecule has 1 aliphatic rings. The van der Waals surface area contributed by atoms with Crippen LogP contribution in [0.15, 0.2) is 0 Å². The number of nitrogens with zero attached hydrogens (tertiary/aromatic N) is 1. The Kier molecular flexibility index (Phi) is 1.88. The molecule has 0 saturated carbocycles. The van der Waals surface area contributed by atoms with Crippen LogP contribution in [-0.4, -0.2) is 35.6 Å². The van der Waals surface area contributed by atoms with E-state index in [9.17, 15) is 9.18 Å². The Morgan fingerprint density at radius 1 is 1.73 bits per heavy atom. The van der Waals surface area contributed by atoms with Gasteiger partial charge in [0.15, 0.2) is 0 Å². The van der Waals surface area contributed by atoms with Crippen molar-refractivity contribution in [2.24, 2.45) is 5.73 Å². The van der Waals surface area contributed by atoms with Gasteiger partial charge in [0.1, 0.15) is 5.67 Å². The van der Waals surface area contributed by atoms with E-state index >= 15 is 0 Å². The molecule has 1 atom stereocenters. The Balaban J connectivity index is 2.38. The van der Waals surface area contributed by atoms with Crippen LogP contribution in [0.4, 0.5) is 4.39 Å². The van der Waals surface area contributed by atoms with Gasteiger partial charge in [-0.2, -0.15) is 0 Å². The Bertz CT molecular complexity index is 171. The highest BCUT2D eigenvalue weighted by Crippen LogP contribution is 2.24. The molecule has 1 fully saturated rings. The van der Waals surface area contributed by atoms with Crippen LogP contribution in [0, 0.1) is 0 Å². The van der Waals surface area contributed by atoms with Gasteiger partial charge in [-0.15, -0.1) is 0 Å². The van der Waals surface area contributed by atoms with E-state index in [0.717, 1.165) is 0 Å². The molecule has 1 saturated heterocycles. The number of rotatable bonds is 1. The first kappa shape index (κ1) is 8.46. The smallest absolute Gasteiger partial charge is 0.239 e. The summed E-state index contributed by atoms with van der Waals surface area (Å²) in [7, 11) is 0. The van der Waals surface area contributed by atoms with Gasteiger partial charge in [0.05, 0.1) is 19.1 Å². The summed E-state index contributed by atoms with van der Waals surface area (Å²) in [4.78, 5) is 12.5. The van der Waals surface area contributed by atoms with E-state index < -0.39 is 11.7 Å². The predicted octanol–water partition coefficient (Wildman–Crippen LogP) is -0.0960. The van der Waals surface area contributed by atoms with Crippen LogP contribution in [0.2, 0.25) is 0 Å². The summed E-state index contributed by atoms with van der Waals surface area (Å²) in [5, 5.41) is 0. The third-order valence-electron chi connectivity index (χ3n) is 1.74. The number of likely N-dealkylation sites (tertiary alicyclic amines) is 1. The van der Waals surface area contributed by atoms with Crippen molar-refractivity contribution >= 4 is 5.91 Å². The quantitative estimate of drug-likeness (QED) is 0.582. The zero-order chi connectivity index (χ0) is 8.65. The molecule has 11 heavy (non-hydrogen) atoms. The van der Waals surface area contributed by atoms with Crippen molar-refractivity contribution in [1.29, 1.82) is 0 Å². The van der Waals surface area contributed by atoms with E-state index in [1.54, 1.807) is 6.92 Å². The molecule has 1 aliphatic heterocycles. The minimum Gasteiger partial charge on any atom is -0.335 e. The van der Waals surface area contributed by atoms with Crippen molar-refractivity contribution < 1.29 is 9.18 Å². The Morgan fingerprint density at radius 3 is 2.45 bits per heavy atom. The van der Waals surface area contributed by atoms with Gasteiger partial charge in [-0.05, 0) is 13.8 Å². The van der Waals surface area contributed by atoms with Gasteiger partial charge in [-0.3, -0.25) is 4.79 Å². The van der Waals surface area contributed by atoms with E-state index in [1.165, 1.54) is 11.8 Å². The molecular weight excluding hydrogens is 147 g/mol. The molecule has 0 bridgehead atoms. The summed E-state index contributed by atoms with van der Waals surface area (Å²) in [5.41, 5.74) is 4.13. The number of nitrogens with two attached hydrogens (primary N) is 1. The lowest BCUT2D eigenvalue weighted by Gasteiger charge is -2.42. The monoisotopic (exact) mass is 160 g/mol. The van der Waals surface area contributed by atoms with Crippen LogP contribution in [0.25, 0.3) is 0 Å². The Labute approximate surface area is 65.3 Å². The maximum atomic E-state index is 12.8. The molecule has 64 valence electrons. The van der Waals surface area contributed by atoms with Gasteiger partial charge < -0.3 is 10.6 Å². The van der Waals surface area contributed by atoms with E-state index in [2.05, 4.69) is 0 Å². The van der Waals surface area contributed by atoms with Crippen molar-refractivity contribution in [1.82, 2.24) is 4.90 Å². The highest BCUT2D eigenvalue weighted by molar-refractivity contribution is 5.82. The molecular formula is C7H13FN2O. The van der Waals surface area contributed by atoms with Crippen LogP contribution >= 0.6 is 0 Å². The molecule has 0 radical (unpaired) electrons. The number of halogens is 1. The third kappa shape index (κ3) is 1.68. The second kappa shape index (κ2) is 2.44. The highest BCUT2D eigenvalue weighted by atomic mass is 19.1. The van der Waals surface area contributed by atoms with E-state index in [1.807, 2.05) is 0 Å². The average molecular weight is 160 g/mol. The van der Waals surface area contributed by atoms with E-state index in [0.29, 0.717) is 0 Å². The molecule has 1 heterocycles. The molecule has 0 aliphatic carbocycles. The normalized spacial score (nSPS) is 24.2. The molecule has 4 heteroatoms. The fourth-order valence-corrected chi connectivity index (χ4v) is 1.19. The molecule has 0 aromatic heterocycles. The van der Waals surface area contributed by atoms with Gasteiger partial charge in [-0.25, -0.2) is 4.39 Å². The van der Waals surface area contributed by atoms with Crippen molar-refractivity contribution in [3.05, 3.63) is 0 Å². The summed E-state index contributed by atoms with van der Waals surface area (Å²) in [6.07, 6.45) is 0. The van der Waals surface area contributed by atoms with Crippen LogP contribution in [0.3, 0.4) is 0 Å². The van der Waals surface area contributed by atoms with Crippen molar-refractivity contribution in [2.75, 3.05) is 13.1 Å². The summed E-state index contributed by atoms with van der Waals surface area (Å²) in [6.45, 7) is 3.47. The van der Waals surface area contributed by atoms with Gasteiger partial charge in [0, 0.05) is 0 Å². The molecule has 3 nitrogen and oxygen atoms in total. The fraction of sp³-hybridized carbons (Fsp3) is 0.857. The van der Waals surface area contributed by atoms with Crippen LogP contribution in [-0.2, 0) is 4.79 Å². The van der Waals surface area contributed by atoms with Crippen molar-refractivity contribution in [3.8, 4) is 0 Å². The first-order valence-electron chi connectivity index (χ1n) is 3.66. The highest BCUT2D eigenvalue weighted by Gasteiger charge is 2.41. The first-order valence-corrected chi connectivity index (χ1v) is 3.66. The maximum Gasteiger partial charge on any atom is 0.239 e. The Hall–Kier alpha value is -0.640. The fourth-order valence-electron chi connectivity index (χ4n) is 1.19. The largest absolute Gasteiger partial charge is 0.335 e. The first-order chi connectivity index (χ1) is 4.92. The van der Waals surface area contributed by atoms with Crippen LogP contribution in [0.5, 0.6) is 0 Å². The van der Waals surface area contributed by atoms with Gasteiger partial charge in [-0.1, -0.05) is 0 Å². The number of hydrogen-bond acceptors (Lipinski definition) is 2. The predicted molar refractivity (Wildman–Crippen MR) is 39.7 cm³/mol. The lowest BCUT2D eigenvalue weighted by Crippen LogP contribution is -2.61. The van der Waals surface area contributed by atoms with E-state index in [4.69, 9.17) is 5.73 Å². The maximum absolute atomic E-state index is 12.8. The number of amides is 1. The number of carbonyl (C=O) groups is 1. The SMILES string of the molecule is C[C@H](N)C(=O)N1CC(C)(F)C1. The molecule has 0 aromatic carbocycles. The standard InChI is InChI=1S/C7H13FN2O/c1-5(9)6(11)10-3-7(2,8)4-10/h5H,3-4,9H2,1-2H3/t5-/m0/s1. The van der Waals surface area contributed by atoms with Crippen LogP contribution in [0.1, 0.15) is 13.8 Å². The lowest BCUT2D eigenvalue weighted by atomic mass is 9.98. The zero-order valence-electron chi connectivity index (χ0n) is 6.80. The number of hydrogen-bond donors (Lipinski definition) is 1. The van der Waals surface area contributed by atoms with Gasteiger partial charge in [0.25, 0.3) is 0 Å². The minimum atomic E-state index is -1.19. The minimum absolute atomic E-state index is 0.167. The lowest BCUT2D eigenvalue weighted by molar-refractivity contribution is -0.145. The van der Waals surface area contributed by atoms with Gasteiger partial charge in [0.2, 0.25) is 5.91 Å². The molecule has 0 spiro atoms. The summed E-state index contributed by atoms with van der Waals surface area (Å²) in [5.74, 6) is -0.167. The molecule has 0 aromatic rings. The molecule has 1 amide bonds. The third-order valence-corrected chi connectivity index (χ3v) is 1.74. The van der Waals surface area contributed by atoms with Crippen molar-refractivity contribution in [2.45, 2.75) is 25.6 Å². The molecule has 1 rings (SSSR count). The van der Waals surface area contributed by atoms with E-state index in [-0.39, 0.29) is 19.0 Å². The molecule has 0 unspecified atom stereocenters. The Morgan fingerprint density at radius 2 is 2.18 bits per heavy atom. The second-order valence-electron chi connectivity index (χ2n) is 3.40. The van der Waals surface area contributed by atoms with Crippen LogP contribution < -0.4 is 5.73 Å². The topological polar surface area (TPSA) is 46.3 Å². The summed E-state index contributed by atoms with van der Waals surface area (Å²) < 4.78 is 12.8. The van der Waals surface area contributed by atoms with Crippen molar-refractivity contribution in [3.63, 3.8) is 0 Å². The zero-order valence-corrected chi connectivity index (χ0v) is 6.80. The molecule has 2 N–H and O–H groups in total. The van der Waals surface area contributed by atoms with Gasteiger partial charge >= 0.3 is 0 Å². The number of carbonyl (C=O) groups excluding carboxylic acids is 1. The summed E-state index contributed by atoms with van der Waals surface area (Å²) in [6, 6.07) is -0.508.